The summed E-state index contributed by atoms with van der Waals surface area (Å²) in [4.78, 5) is 22.3. The molecule has 114 valence electrons. The minimum atomic E-state index is -1.04. The number of carbonyl (C=O) groups is 2. The normalized spacial score (nSPS) is 15.1. The van der Waals surface area contributed by atoms with Crippen molar-refractivity contribution in [1.82, 2.24) is 5.32 Å². The zero-order chi connectivity index (χ0) is 15.3. The first-order valence-electron chi connectivity index (χ1n) is 6.58. The Kier molecular flexibility index (Phi) is 4.95. The third-order valence-electron chi connectivity index (χ3n) is 3.27. The van der Waals surface area contributed by atoms with E-state index >= 15 is 0 Å². The van der Waals surface area contributed by atoms with E-state index in [0.717, 1.165) is 12.8 Å². The molecule has 2 amide bonds. The summed E-state index contributed by atoms with van der Waals surface area (Å²) in [7, 11) is 0. The van der Waals surface area contributed by atoms with Crippen LogP contribution in [0.3, 0.4) is 0 Å². The van der Waals surface area contributed by atoms with Crippen molar-refractivity contribution in [2.24, 2.45) is 0 Å². The minimum Gasteiger partial charge on any atom is -0.482 e. The molecule has 0 spiro atoms. The fraction of sp³-hybridized carbons (Fsp3) is 0.429. The molecule has 0 atom stereocenters. The van der Waals surface area contributed by atoms with Crippen LogP contribution in [0.25, 0.3) is 0 Å². The first-order chi connectivity index (χ1) is 10.0. The van der Waals surface area contributed by atoms with E-state index in [1.807, 2.05) is 0 Å². The lowest BCUT2D eigenvalue weighted by atomic mass is 10.3. The fourth-order valence-corrected chi connectivity index (χ4v) is 2.54. The average Bonchev–Trinajstić information content (AvgIpc) is 3.24. The zero-order valence-corrected chi connectivity index (χ0v) is 12.5. The fourth-order valence-electron chi connectivity index (χ4n) is 1.82. The lowest BCUT2D eigenvalue weighted by Gasteiger charge is -2.14. The van der Waals surface area contributed by atoms with E-state index in [1.165, 1.54) is 0 Å². The summed E-state index contributed by atoms with van der Waals surface area (Å²) in [6.07, 6.45) is 4.32. The molecule has 0 aromatic heterocycles. The van der Waals surface area contributed by atoms with Gasteiger partial charge in [0.05, 0.1) is 0 Å². The van der Waals surface area contributed by atoms with E-state index in [-0.39, 0.29) is 10.8 Å². The molecule has 0 bridgehead atoms. The number of aliphatic carboxylic acids is 1. The second-order valence-electron chi connectivity index (χ2n) is 4.91. The number of ether oxygens (including phenoxy) is 1. The van der Waals surface area contributed by atoms with Gasteiger partial charge in [-0.25, -0.2) is 9.59 Å². The molecule has 0 aliphatic heterocycles. The largest absolute Gasteiger partial charge is 0.482 e. The molecule has 6 nitrogen and oxygen atoms in total. The molecule has 21 heavy (non-hydrogen) atoms. The SMILES string of the molecule is CSC1(CNC(=O)Nc2cccc(OCC(=O)O)c2)CC1. The summed E-state index contributed by atoms with van der Waals surface area (Å²) in [6.45, 7) is 0.237. The number of thioether (sulfide) groups is 1. The molecule has 0 unspecified atom stereocenters. The molecule has 1 aliphatic rings. The van der Waals surface area contributed by atoms with Gasteiger partial charge in [0.2, 0.25) is 0 Å². The molecular formula is C14H18N2O4S. The molecule has 1 aliphatic carbocycles. The van der Waals surface area contributed by atoms with Gasteiger partial charge in [-0.15, -0.1) is 0 Å². The summed E-state index contributed by atoms with van der Waals surface area (Å²) in [6, 6.07) is 6.36. The Balaban J connectivity index is 1.82. The van der Waals surface area contributed by atoms with Crippen molar-refractivity contribution in [3.05, 3.63) is 24.3 Å². The summed E-state index contributed by atoms with van der Waals surface area (Å²) in [5, 5.41) is 14.1. The van der Waals surface area contributed by atoms with Gasteiger partial charge in [-0.05, 0) is 31.2 Å². The molecule has 1 fully saturated rings. The van der Waals surface area contributed by atoms with E-state index in [4.69, 9.17) is 9.84 Å². The number of amides is 2. The smallest absolute Gasteiger partial charge is 0.341 e. The molecular weight excluding hydrogens is 292 g/mol. The van der Waals surface area contributed by atoms with Gasteiger partial charge in [0.15, 0.2) is 6.61 Å². The zero-order valence-electron chi connectivity index (χ0n) is 11.7. The van der Waals surface area contributed by atoms with Gasteiger partial charge in [-0.3, -0.25) is 0 Å². The number of hydrogen-bond donors (Lipinski definition) is 3. The van der Waals surface area contributed by atoms with E-state index in [0.29, 0.717) is 18.0 Å². The van der Waals surface area contributed by atoms with Crippen molar-refractivity contribution in [3.63, 3.8) is 0 Å². The van der Waals surface area contributed by atoms with Gasteiger partial charge in [0.1, 0.15) is 5.75 Å². The third-order valence-corrected chi connectivity index (χ3v) is 4.68. The Bertz CT molecular complexity index is 531. The molecule has 1 aromatic rings. The quantitative estimate of drug-likeness (QED) is 0.718. The molecule has 0 radical (unpaired) electrons. The highest BCUT2D eigenvalue weighted by Crippen LogP contribution is 2.46. The topological polar surface area (TPSA) is 87.7 Å². The third kappa shape index (κ3) is 4.86. The summed E-state index contributed by atoms with van der Waals surface area (Å²) in [5.41, 5.74) is 0.560. The van der Waals surface area contributed by atoms with Gasteiger partial charge in [-0.2, -0.15) is 11.8 Å². The van der Waals surface area contributed by atoms with Crippen LogP contribution in [0.1, 0.15) is 12.8 Å². The van der Waals surface area contributed by atoms with E-state index in [2.05, 4.69) is 16.9 Å². The predicted molar refractivity (Wildman–Crippen MR) is 82.1 cm³/mol. The monoisotopic (exact) mass is 310 g/mol. The highest BCUT2D eigenvalue weighted by molar-refractivity contribution is 8.00. The first kappa shape index (κ1) is 15.5. The molecule has 3 N–H and O–H groups in total. The van der Waals surface area contributed by atoms with Crippen molar-refractivity contribution in [2.75, 3.05) is 24.7 Å². The van der Waals surface area contributed by atoms with E-state index in [1.54, 1.807) is 36.0 Å². The van der Waals surface area contributed by atoms with Crippen molar-refractivity contribution < 1.29 is 19.4 Å². The van der Waals surface area contributed by atoms with Crippen LogP contribution in [0.2, 0.25) is 0 Å². The number of anilines is 1. The Morgan fingerprint density at radius 1 is 1.43 bits per heavy atom. The van der Waals surface area contributed by atoms with Gasteiger partial charge >= 0.3 is 12.0 Å². The highest BCUT2D eigenvalue weighted by Gasteiger charge is 2.41. The van der Waals surface area contributed by atoms with Gasteiger partial charge in [0, 0.05) is 23.0 Å². The van der Waals surface area contributed by atoms with Crippen LogP contribution in [0.4, 0.5) is 10.5 Å². The second-order valence-corrected chi connectivity index (χ2v) is 6.18. The van der Waals surface area contributed by atoms with E-state index < -0.39 is 12.6 Å². The number of urea groups is 1. The Morgan fingerprint density at radius 3 is 2.81 bits per heavy atom. The minimum absolute atomic E-state index is 0.212. The Hall–Kier alpha value is -1.89. The number of nitrogens with one attached hydrogen (secondary N) is 2. The Labute approximate surface area is 127 Å². The van der Waals surface area contributed by atoms with Crippen molar-refractivity contribution in [1.29, 1.82) is 0 Å². The van der Waals surface area contributed by atoms with E-state index in [9.17, 15) is 9.59 Å². The molecule has 0 heterocycles. The number of hydrogen-bond acceptors (Lipinski definition) is 4. The average molecular weight is 310 g/mol. The molecule has 7 heteroatoms. The Morgan fingerprint density at radius 2 is 2.19 bits per heavy atom. The number of rotatable bonds is 7. The van der Waals surface area contributed by atoms with Crippen LogP contribution in [-0.4, -0.2) is 41.3 Å². The lowest BCUT2D eigenvalue weighted by Crippen LogP contribution is -2.35. The number of carbonyl (C=O) groups excluding carboxylic acids is 1. The van der Waals surface area contributed by atoms with Gasteiger partial charge in [-0.1, -0.05) is 6.07 Å². The van der Waals surface area contributed by atoms with Crippen molar-refractivity contribution >= 4 is 29.4 Å². The van der Waals surface area contributed by atoms with Crippen molar-refractivity contribution in [3.8, 4) is 5.75 Å². The summed E-state index contributed by atoms with van der Waals surface area (Å²) >= 11 is 1.78. The molecule has 2 rings (SSSR count). The highest BCUT2D eigenvalue weighted by atomic mass is 32.2. The summed E-state index contributed by atoms with van der Waals surface area (Å²) in [5.74, 6) is -0.643. The van der Waals surface area contributed by atoms with Crippen molar-refractivity contribution in [2.45, 2.75) is 17.6 Å². The maximum absolute atomic E-state index is 11.8. The number of benzene rings is 1. The lowest BCUT2D eigenvalue weighted by molar-refractivity contribution is -0.139. The summed E-state index contributed by atoms with van der Waals surface area (Å²) < 4.78 is 5.27. The molecule has 1 saturated carbocycles. The number of carboxylic acid groups (broad SMARTS) is 1. The molecule has 1 aromatic carbocycles. The van der Waals surface area contributed by atoms with Crippen LogP contribution in [0.15, 0.2) is 24.3 Å². The van der Waals surface area contributed by atoms with Crippen LogP contribution in [-0.2, 0) is 4.79 Å². The van der Waals surface area contributed by atoms with Crippen LogP contribution in [0, 0.1) is 0 Å². The van der Waals surface area contributed by atoms with Crippen LogP contribution < -0.4 is 15.4 Å². The standard InChI is InChI=1S/C14H18N2O4S/c1-21-14(5-6-14)9-15-13(19)16-10-3-2-4-11(7-10)20-8-12(17)18/h2-4,7H,5-6,8-9H2,1H3,(H,17,18)(H2,15,16,19). The molecule has 0 saturated heterocycles. The maximum atomic E-state index is 11.8. The van der Waals surface area contributed by atoms with Gasteiger partial charge < -0.3 is 20.5 Å². The number of carboxylic acids is 1. The van der Waals surface area contributed by atoms with Crippen LogP contribution in [0.5, 0.6) is 5.75 Å². The van der Waals surface area contributed by atoms with Gasteiger partial charge in [0.25, 0.3) is 0 Å². The predicted octanol–water partition coefficient (Wildman–Crippen LogP) is 2.17. The second kappa shape index (κ2) is 6.71. The van der Waals surface area contributed by atoms with Crippen LogP contribution >= 0.6 is 11.8 Å². The maximum Gasteiger partial charge on any atom is 0.341 e. The first-order valence-corrected chi connectivity index (χ1v) is 7.80.